The summed E-state index contributed by atoms with van der Waals surface area (Å²) in [6.45, 7) is 13.0. The maximum atomic E-state index is 12.4. The molecule has 0 saturated heterocycles. The minimum absolute atomic E-state index is 0.0267. The van der Waals surface area contributed by atoms with Gasteiger partial charge in [-0.15, -0.1) is 0 Å². The summed E-state index contributed by atoms with van der Waals surface area (Å²) >= 11 is 0. The third kappa shape index (κ3) is 3.20. The summed E-state index contributed by atoms with van der Waals surface area (Å²) in [5.74, 6) is 0.835. The molecule has 0 spiro atoms. The fraction of sp³-hybridized carbons (Fsp3) is 0.846. The minimum Gasteiger partial charge on any atom is -0.369 e. The zero-order chi connectivity index (χ0) is 13.4. The van der Waals surface area contributed by atoms with Crippen LogP contribution >= 0.6 is 0 Å². The van der Waals surface area contributed by atoms with Crippen molar-refractivity contribution in [3.8, 4) is 0 Å². The van der Waals surface area contributed by atoms with Gasteiger partial charge in [0.25, 0.3) is 5.91 Å². The van der Waals surface area contributed by atoms with Crippen molar-refractivity contribution < 1.29 is 4.79 Å². The summed E-state index contributed by atoms with van der Waals surface area (Å²) in [5, 5.41) is 0. The Bertz CT molecular complexity index is 341. The van der Waals surface area contributed by atoms with Crippen molar-refractivity contribution in [2.45, 2.75) is 53.5 Å². The molecule has 0 fully saturated rings. The SMILES string of the molecule is CC(C)CC1(C)N=C(N)N(CC(C)(C)C)C1=O. The Kier molecular flexibility index (Phi) is 3.55. The molecule has 0 aromatic rings. The maximum absolute atomic E-state index is 12.4. The Balaban J connectivity index is 2.88. The first-order chi connectivity index (χ1) is 7.55. The van der Waals surface area contributed by atoms with E-state index in [0.717, 1.165) is 6.42 Å². The van der Waals surface area contributed by atoms with Crippen LogP contribution in [0.4, 0.5) is 0 Å². The maximum Gasteiger partial charge on any atom is 0.257 e. The lowest BCUT2D eigenvalue weighted by Crippen LogP contribution is -2.46. The second kappa shape index (κ2) is 4.31. The molecule has 4 heteroatoms. The van der Waals surface area contributed by atoms with E-state index in [1.807, 2.05) is 6.92 Å². The van der Waals surface area contributed by atoms with Gasteiger partial charge in [0.05, 0.1) is 0 Å². The molecule has 0 aliphatic carbocycles. The number of nitrogens with two attached hydrogens (primary N) is 1. The summed E-state index contributed by atoms with van der Waals surface area (Å²) in [4.78, 5) is 18.4. The van der Waals surface area contributed by atoms with E-state index < -0.39 is 5.54 Å². The van der Waals surface area contributed by atoms with Crippen LogP contribution in [0.5, 0.6) is 0 Å². The predicted molar refractivity (Wildman–Crippen MR) is 70.7 cm³/mol. The van der Waals surface area contributed by atoms with Crippen molar-refractivity contribution in [2.75, 3.05) is 6.54 Å². The van der Waals surface area contributed by atoms with E-state index >= 15 is 0 Å². The van der Waals surface area contributed by atoms with Gasteiger partial charge in [-0.3, -0.25) is 9.69 Å². The lowest BCUT2D eigenvalue weighted by molar-refractivity contribution is -0.132. The molecule has 1 aliphatic rings. The van der Waals surface area contributed by atoms with Crippen LogP contribution in [0, 0.1) is 11.3 Å². The van der Waals surface area contributed by atoms with Gasteiger partial charge in [0.15, 0.2) is 5.96 Å². The molecule has 4 nitrogen and oxygen atoms in total. The topological polar surface area (TPSA) is 58.7 Å². The predicted octanol–water partition coefficient (Wildman–Crippen LogP) is 1.99. The number of nitrogens with zero attached hydrogens (tertiary/aromatic N) is 2. The minimum atomic E-state index is -0.663. The van der Waals surface area contributed by atoms with Crippen molar-refractivity contribution in [3.63, 3.8) is 0 Å². The number of hydrogen-bond donors (Lipinski definition) is 1. The van der Waals surface area contributed by atoms with Crippen molar-refractivity contribution in [3.05, 3.63) is 0 Å². The molecule has 0 bridgehead atoms. The van der Waals surface area contributed by atoms with Gasteiger partial charge in [-0.1, -0.05) is 34.6 Å². The first-order valence-electron chi connectivity index (χ1n) is 6.22. The van der Waals surface area contributed by atoms with Crippen molar-refractivity contribution in [1.29, 1.82) is 0 Å². The Hall–Kier alpha value is -1.06. The molecular weight excluding hydrogens is 214 g/mol. The molecule has 2 N–H and O–H groups in total. The smallest absolute Gasteiger partial charge is 0.257 e. The highest BCUT2D eigenvalue weighted by Crippen LogP contribution is 2.30. The lowest BCUT2D eigenvalue weighted by Gasteiger charge is -2.28. The largest absolute Gasteiger partial charge is 0.369 e. The normalized spacial score (nSPS) is 25.7. The first-order valence-corrected chi connectivity index (χ1v) is 6.22. The number of guanidine groups is 1. The van der Waals surface area contributed by atoms with Gasteiger partial charge in [0, 0.05) is 6.54 Å². The number of carbonyl (C=O) groups is 1. The summed E-state index contributed by atoms with van der Waals surface area (Å²) < 4.78 is 0. The monoisotopic (exact) mass is 239 g/mol. The third-order valence-electron chi connectivity index (χ3n) is 2.78. The second-order valence-corrected chi connectivity index (χ2v) is 6.79. The standard InChI is InChI=1S/C13H25N3O/c1-9(2)7-13(6)10(17)16(11(14)15-13)8-12(3,4)5/h9H,7-8H2,1-6H3,(H2,14,15). The van der Waals surface area contributed by atoms with Gasteiger partial charge >= 0.3 is 0 Å². The van der Waals surface area contributed by atoms with Crippen LogP contribution in [-0.4, -0.2) is 28.9 Å². The van der Waals surface area contributed by atoms with Crippen LogP contribution in [0.25, 0.3) is 0 Å². The Labute approximate surface area is 104 Å². The highest BCUT2D eigenvalue weighted by Gasteiger charge is 2.44. The average Bonchev–Trinajstić information content (AvgIpc) is 2.26. The van der Waals surface area contributed by atoms with Gasteiger partial charge < -0.3 is 5.73 Å². The van der Waals surface area contributed by atoms with E-state index in [9.17, 15) is 4.79 Å². The molecule has 1 unspecified atom stereocenters. The molecule has 0 aromatic heterocycles. The molecule has 1 heterocycles. The van der Waals surface area contributed by atoms with Crippen LogP contribution in [0.3, 0.4) is 0 Å². The summed E-state index contributed by atoms with van der Waals surface area (Å²) in [7, 11) is 0. The van der Waals surface area contributed by atoms with E-state index in [4.69, 9.17) is 5.73 Å². The van der Waals surface area contributed by atoms with Gasteiger partial charge in [0.2, 0.25) is 0 Å². The fourth-order valence-corrected chi connectivity index (χ4v) is 2.31. The van der Waals surface area contributed by atoms with Crippen molar-refractivity contribution in [2.24, 2.45) is 22.1 Å². The van der Waals surface area contributed by atoms with Crippen LogP contribution in [0.15, 0.2) is 4.99 Å². The van der Waals surface area contributed by atoms with E-state index in [1.54, 1.807) is 4.90 Å². The molecular formula is C13H25N3O. The van der Waals surface area contributed by atoms with Crippen LogP contribution < -0.4 is 5.73 Å². The highest BCUT2D eigenvalue weighted by atomic mass is 16.2. The van der Waals surface area contributed by atoms with E-state index in [2.05, 4.69) is 39.6 Å². The van der Waals surface area contributed by atoms with E-state index in [-0.39, 0.29) is 11.3 Å². The van der Waals surface area contributed by atoms with E-state index in [0.29, 0.717) is 18.4 Å². The zero-order valence-electron chi connectivity index (χ0n) is 11.9. The third-order valence-corrected chi connectivity index (χ3v) is 2.78. The van der Waals surface area contributed by atoms with Crippen LogP contribution in [0.2, 0.25) is 0 Å². The van der Waals surface area contributed by atoms with Gasteiger partial charge in [0.1, 0.15) is 5.54 Å². The van der Waals surface area contributed by atoms with Gasteiger partial charge in [-0.2, -0.15) is 0 Å². The Morgan fingerprint density at radius 3 is 2.35 bits per heavy atom. The summed E-state index contributed by atoms with van der Waals surface area (Å²) in [5.41, 5.74) is 5.25. The molecule has 1 amide bonds. The number of aliphatic imine (C=N–C) groups is 1. The Morgan fingerprint density at radius 2 is 1.94 bits per heavy atom. The lowest BCUT2D eigenvalue weighted by atomic mass is 9.90. The molecule has 1 rings (SSSR count). The fourth-order valence-electron chi connectivity index (χ4n) is 2.31. The zero-order valence-corrected chi connectivity index (χ0v) is 11.9. The molecule has 1 aliphatic heterocycles. The molecule has 98 valence electrons. The molecule has 1 atom stereocenters. The number of hydrogen-bond acceptors (Lipinski definition) is 3. The average molecular weight is 239 g/mol. The summed E-state index contributed by atoms with van der Waals surface area (Å²) in [6, 6.07) is 0. The number of carbonyl (C=O) groups excluding carboxylic acids is 1. The van der Waals surface area contributed by atoms with Crippen molar-refractivity contribution >= 4 is 11.9 Å². The second-order valence-electron chi connectivity index (χ2n) is 6.79. The molecule has 0 aromatic carbocycles. The quantitative estimate of drug-likeness (QED) is 0.819. The summed E-state index contributed by atoms with van der Waals surface area (Å²) in [6.07, 6.45) is 0.743. The van der Waals surface area contributed by atoms with Gasteiger partial charge in [-0.05, 0) is 24.7 Å². The molecule has 17 heavy (non-hydrogen) atoms. The first kappa shape index (κ1) is 14.0. The van der Waals surface area contributed by atoms with Crippen LogP contribution in [0.1, 0.15) is 48.0 Å². The molecule has 0 saturated carbocycles. The highest BCUT2D eigenvalue weighted by molar-refractivity contribution is 6.06. The van der Waals surface area contributed by atoms with Crippen molar-refractivity contribution in [1.82, 2.24) is 4.90 Å². The van der Waals surface area contributed by atoms with Gasteiger partial charge in [-0.25, -0.2) is 4.99 Å². The number of amides is 1. The van der Waals surface area contributed by atoms with Crippen LogP contribution in [-0.2, 0) is 4.79 Å². The molecule has 0 radical (unpaired) electrons. The Morgan fingerprint density at radius 1 is 1.41 bits per heavy atom. The number of rotatable bonds is 3. The van der Waals surface area contributed by atoms with E-state index in [1.165, 1.54) is 0 Å².